The van der Waals surface area contributed by atoms with Crippen molar-refractivity contribution in [3.8, 4) is 5.82 Å². The van der Waals surface area contributed by atoms with Crippen LogP contribution in [0.25, 0.3) is 5.82 Å². The molecular formula is C16H16N4. The molecule has 0 saturated carbocycles. The fourth-order valence-electron chi connectivity index (χ4n) is 2.11. The van der Waals surface area contributed by atoms with Crippen LogP contribution in [-0.4, -0.2) is 14.8 Å². The number of rotatable bonds is 4. The van der Waals surface area contributed by atoms with Crippen molar-refractivity contribution in [3.63, 3.8) is 0 Å². The Morgan fingerprint density at radius 1 is 1.05 bits per heavy atom. The molecule has 0 unspecified atom stereocenters. The van der Waals surface area contributed by atoms with E-state index in [0.717, 1.165) is 18.1 Å². The molecule has 3 rings (SSSR count). The topological polar surface area (TPSA) is 42.7 Å². The van der Waals surface area contributed by atoms with E-state index in [-0.39, 0.29) is 0 Å². The van der Waals surface area contributed by atoms with Gasteiger partial charge in [-0.25, -0.2) is 9.67 Å². The predicted molar refractivity (Wildman–Crippen MR) is 79.9 cm³/mol. The highest BCUT2D eigenvalue weighted by atomic mass is 15.3. The van der Waals surface area contributed by atoms with Gasteiger partial charge in [-0.15, -0.1) is 0 Å². The first-order valence-corrected chi connectivity index (χ1v) is 6.58. The Hall–Kier alpha value is -2.62. The molecule has 4 nitrogen and oxygen atoms in total. The first-order chi connectivity index (χ1) is 9.84. The van der Waals surface area contributed by atoms with Crippen molar-refractivity contribution in [2.45, 2.75) is 13.5 Å². The van der Waals surface area contributed by atoms with E-state index in [4.69, 9.17) is 0 Å². The number of aryl methyl sites for hydroxylation is 1. The minimum absolute atomic E-state index is 0.770. The van der Waals surface area contributed by atoms with Gasteiger partial charge in [-0.3, -0.25) is 0 Å². The molecule has 0 amide bonds. The predicted octanol–water partition coefficient (Wildman–Crippen LogP) is 3.19. The Morgan fingerprint density at radius 3 is 2.75 bits per heavy atom. The van der Waals surface area contributed by atoms with Crippen molar-refractivity contribution in [3.05, 3.63) is 72.2 Å². The lowest BCUT2D eigenvalue weighted by molar-refractivity contribution is 0.846. The van der Waals surface area contributed by atoms with Crippen LogP contribution in [-0.2, 0) is 6.54 Å². The van der Waals surface area contributed by atoms with E-state index >= 15 is 0 Å². The van der Waals surface area contributed by atoms with Gasteiger partial charge < -0.3 is 5.32 Å². The highest BCUT2D eigenvalue weighted by molar-refractivity contribution is 5.56. The van der Waals surface area contributed by atoms with Gasteiger partial charge in [-0.2, -0.15) is 5.10 Å². The maximum atomic E-state index is 4.39. The molecule has 0 radical (unpaired) electrons. The van der Waals surface area contributed by atoms with Crippen LogP contribution in [0.2, 0.25) is 0 Å². The summed E-state index contributed by atoms with van der Waals surface area (Å²) in [6.45, 7) is 2.89. The monoisotopic (exact) mass is 264 g/mol. The third kappa shape index (κ3) is 2.54. The number of anilines is 1. The van der Waals surface area contributed by atoms with Crippen molar-refractivity contribution in [2.75, 3.05) is 5.32 Å². The molecule has 0 aliphatic heterocycles. The molecule has 1 N–H and O–H groups in total. The summed E-state index contributed by atoms with van der Waals surface area (Å²) < 4.78 is 1.76. The van der Waals surface area contributed by atoms with Crippen molar-refractivity contribution in [1.29, 1.82) is 0 Å². The lowest BCUT2D eigenvalue weighted by Gasteiger charge is -2.12. The van der Waals surface area contributed by atoms with Gasteiger partial charge in [0, 0.05) is 25.1 Å². The lowest BCUT2D eigenvalue weighted by Crippen LogP contribution is -2.07. The van der Waals surface area contributed by atoms with Crippen LogP contribution in [0.4, 0.5) is 5.69 Å². The van der Waals surface area contributed by atoms with Gasteiger partial charge in [0.05, 0.1) is 5.69 Å². The van der Waals surface area contributed by atoms with Gasteiger partial charge in [-0.05, 0) is 36.2 Å². The Morgan fingerprint density at radius 2 is 1.95 bits per heavy atom. The van der Waals surface area contributed by atoms with Crippen molar-refractivity contribution in [1.82, 2.24) is 14.8 Å². The molecule has 0 bridgehead atoms. The van der Waals surface area contributed by atoms with E-state index in [0.29, 0.717) is 0 Å². The van der Waals surface area contributed by atoms with E-state index in [1.54, 1.807) is 17.1 Å². The quantitative estimate of drug-likeness (QED) is 0.787. The summed E-state index contributed by atoms with van der Waals surface area (Å²) in [5.74, 6) is 0.811. The number of aromatic nitrogens is 3. The summed E-state index contributed by atoms with van der Waals surface area (Å²) in [5, 5.41) is 7.67. The summed E-state index contributed by atoms with van der Waals surface area (Å²) in [6, 6.07) is 14.2. The summed E-state index contributed by atoms with van der Waals surface area (Å²) in [6.07, 6.45) is 5.41. The van der Waals surface area contributed by atoms with Crippen LogP contribution in [0.3, 0.4) is 0 Å². The van der Waals surface area contributed by atoms with Gasteiger partial charge in [0.1, 0.15) is 0 Å². The average molecular weight is 264 g/mol. The van der Waals surface area contributed by atoms with Gasteiger partial charge >= 0.3 is 0 Å². The van der Waals surface area contributed by atoms with Crippen LogP contribution < -0.4 is 5.32 Å². The largest absolute Gasteiger partial charge is 0.378 e. The molecule has 0 fully saturated rings. The molecule has 20 heavy (non-hydrogen) atoms. The molecule has 1 aromatic carbocycles. The van der Waals surface area contributed by atoms with Crippen LogP contribution in [0.5, 0.6) is 0 Å². The zero-order valence-electron chi connectivity index (χ0n) is 11.3. The highest BCUT2D eigenvalue weighted by Crippen LogP contribution is 2.18. The fraction of sp³-hybridized carbons (Fsp3) is 0.125. The third-order valence-corrected chi connectivity index (χ3v) is 3.24. The van der Waals surface area contributed by atoms with E-state index in [1.807, 2.05) is 24.4 Å². The molecule has 100 valence electrons. The number of nitrogens with one attached hydrogen (secondary N) is 1. The second-order valence-electron chi connectivity index (χ2n) is 4.61. The van der Waals surface area contributed by atoms with E-state index in [1.165, 1.54) is 11.1 Å². The van der Waals surface area contributed by atoms with Crippen LogP contribution in [0.1, 0.15) is 11.1 Å². The number of hydrogen-bond donors (Lipinski definition) is 1. The Kier molecular flexibility index (Phi) is 3.46. The van der Waals surface area contributed by atoms with Crippen LogP contribution in [0, 0.1) is 6.92 Å². The Labute approximate surface area is 118 Å². The fourth-order valence-corrected chi connectivity index (χ4v) is 2.11. The molecule has 4 heteroatoms. The van der Waals surface area contributed by atoms with Crippen molar-refractivity contribution in [2.24, 2.45) is 0 Å². The first-order valence-electron chi connectivity index (χ1n) is 6.58. The van der Waals surface area contributed by atoms with Gasteiger partial charge in [0.25, 0.3) is 0 Å². The standard InChI is InChI=1S/C16H16N4/c1-13-6-2-3-7-14(13)12-18-15-8-4-9-17-16(15)20-11-5-10-19-20/h2-11,18H,12H2,1H3. The summed E-state index contributed by atoms with van der Waals surface area (Å²) in [7, 11) is 0. The number of benzene rings is 1. The van der Waals surface area contributed by atoms with Gasteiger partial charge in [-0.1, -0.05) is 24.3 Å². The molecule has 2 aromatic heterocycles. The van der Waals surface area contributed by atoms with Gasteiger partial charge in [0.15, 0.2) is 5.82 Å². The van der Waals surface area contributed by atoms with E-state index in [9.17, 15) is 0 Å². The van der Waals surface area contributed by atoms with Gasteiger partial charge in [0.2, 0.25) is 0 Å². The molecule has 0 aliphatic rings. The molecule has 0 saturated heterocycles. The summed E-state index contributed by atoms with van der Waals surface area (Å²) >= 11 is 0. The second-order valence-corrected chi connectivity index (χ2v) is 4.61. The minimum atomic E-state index is 0.770. The van der Waals surface area contributed by atoms with Crippen molar-refractivity contribution < 1.29 is 0 Å². The van der Waals surface area contributed by atoms with Crippen molar-refractivity contribution >= 4 is 5.69 Å². The Balaban J connectivity index is 1.84. The molecule has 2 heterocycles. The average Bonchev–Trinajstić information content (AvgIpc) is 3.01. The highest BCUT2D eigenvalue weighted by Gasteiger charge is 2.06. The second kappa shape index (κ2) is 5.57. The molecule has 0 aliphatic carbocycles. The molecule has 0 atom stereocenters. The summed E-state index contributed by atoms with van der Waals surface area (Å²) in [5.41, 5.74) is 3.53. The van der Waals surface area contributed by atoms with Crippen LogP contribution in [0.15, 0.2) is 61.1 Å². The van der Waals surface area contributed by atoms with E-state index in [2.05, 4.69) is 46.6 Å². The Bertz CT molecular complexity index is 689. The van der Waals surface area contributed by atoms with Crippen LogP contribution >= 0.6 is 0 Å². The molecule has 0 spiro atoms. The number of nitrogens with zero attached hydrogens (tertiary/aromatic N) is 3. The zero-order valence-corrected chi connectivity index (χ0v) is 11.3. The maximum Gasteiger partial charge on any atom is 0.176 e. The third-order valence-electron chi connectivity index (χ3n) is 3.24. The normalized spacial score (nSPS) is 10.4. The molecule has 3 aromatic rings. The molecular weight excluding hydrogens is 248 g/mol. The maximum absolute atomic E-state index is 4.39. The van der Waals surface area contributed by atoms with E-state index < -0.39 is 0 Å². The SMILES string of the molecule is Cc1ccccc1CNc1cccnc1-n1cccn1. The summed E-state index contributed by atoms with van der Waals surface area (Å²) in [4.78, 5) is 4.39. The zero-order chi connectivity index (χ0) is 13.8. The number of hydrogen-bond acceptors (Lipinski definition) is 3. The number of pyridine rings is 1. The lowest BCUT2D eigenvalue weighted by atomic mass is 10.1. The smallest absolute Gasteiger partial charge is 0.176 e. The first kappa shape index (κ1) is 12.4. The minimum Gasteiger partial charge on any atom is -0.378 e.